The number of nitrogens with zero attached hydrogens (tertiary/aromatic N) is 6. The molecule has 2 aliphatic rings. The van der Waals surface area contributed by atoms with E-state index in [0.717, 1.165) is 16.8 Å². The molecule has 0 N–H and O–H groups in total. The van der Waals surface area contributed by atoms with Gasteiger partial charge in [0, 0.05) is 38.6 Å². The average molecular weight is 467 g/mol. The van der Waals surface area contributed by atoms with E-state index in [2.05, 4.69) is 20.0 Å². The molecule has 2 fully saturated rings. The van der Waals surface area contributed by atoms with Crippen molar-refractivity contribution in [3.8, 4) is 11.3 Å². The Kier molecular flexibility index (Phi) is 5.61. The van der Waals surface area contributed by atoms with Crippen molar-refractivity contribution in [3.63, 3.8) is 0 Å². The van der Waals surface area contributed by atoms with Crippen LogP contribution in [0.3, 0.4) is 0 Å². The fourth-order valence-corrected chi connectivity index (χ4v) is 6.10. The average Bonchev–Trinajstić information content (AvgIpc) is 3.43. The van der Waals surface area contributed by atoms with Gasteiger partial charge in [-0.05, 0) is 31.0 Å². The maximum absolute atomic E-state index is 13.3. The summed E-state index contributed by atoms with van der Waals surface area (Å²) in [6.45, 7) is 4.38. The number of aromatic nitrogens is 4. The van der Waals surface area contributed by atoms with Crippen molar-refractivity contribution < 1.29 is 13.2 Å². The Labute approximate surface area is 193 Å². The first kappa shape index (κ1) is 21.6. The number of sulfone groups is 1. The molecule has 1 unspecified atom stereocenters. The van der Waals surface area contributed by atoms with Crippen molar-refractivity contribution in [2.75, 3.05) is 42.6 Å². The molecule has 2 saturated heterocycles. The van der Waals surface area contributed by atoms with E-state index in [1.54, 1.807) is 34.1 Å². The van der Waals surface area contributed by atoms with Gasteiger partial charge in [0.1, 0.15) is 0 Å². The summed E-state index contributed by atoms with van der Waals surface area (Å²) in [7, 11) is -3.09. The number of hydrogen-bond acceptors (Lipinski definition) is 7. The Morgan fingerprint density at radius 3 is 2.36 bits per heavy atom. The van der Waals surface area contributed by atoms with Gasteiger partial charge in [-0.15, -0.1) is 0 Å². The molecule has 5 rings (SSSR count). The van der Waals surface area contributed by atoms with E-state index in [9.17, 15) is 13.2 Å². The standard InChI is InChI=1S/C23H26N6O3S/c1-17-3-5-18(6-4-17)21-15-20(26-29(21)19-7-14-33(31,32)16-19)22(30)27-10-12-28(13-11-27)23-24-8-2-9-25-23/h2-6,8-9,15,19H,7,10-14,16H2,1H3. The molecule has 1 atom stereocenters. The van der Waals surface area contributed by atoms with Crippen molar-refractivity contribution in [1.82, 2.24) is 24.6 Å². The minimum absolute atomic E-state index is 0.0525. The van der Waals surface area contributed by atoms with Crippen molar-refractivity contribution in [1.29, 1.82) is 0 Å². The number of piperazine rings is 1. The number of aryl methyl sites for hydroxylation is 1. The number of carbonyl (C=O) groups is 1. The number of rotatable bonds is 4. The van der Waals surface area contributed by atoms with Crippen molar-refractivity contribution in [2.24, 2.45) is 0 Å². The molecule has 2 aliphatic heterocycles. The van der Waals surface area contributed by atoms with E-state index < -0.39 is 9.84 Å². The van der Waals surface area contributed by atoms with E-state index in [1.165, 1.54) is 0 Å². The third-order valence-electron chi connectivity index (χ3n) is 6.26. The topological polar surface area (TPSA) is 101 Å². The highest BCUT2D eigenvalue weighted by Crippen LogP contribution is 2.30. The molecule has 172 valence electrons. The Hall–Kier alpha value is -3.27. The van der Waals surface area contributed by atoms with Gasteiger partial charge in [-0.2, -0.15) is 5.10 Å². The summed E-state index contributed by atoms with van der Waals surface area (Å²) in [6, 6.07) is 11.3. The predicted octanol–water partition coefficient (Wildman–Crippen LogP) is 1.97. The normalized spacial score (nSPS) is 20.2. The number of benzene rings is 1. The van der Waals surface area contributed by atoms with Gasteiger partial charge in [-0.1, -0.05) is 29.8 Å². The summed E-state index contributed by atoms with van der Waals surface area (Å²) in [4.78, 5) is 25.7. The SMILES string of the molecule is Cc1ccc(-c2cc(C(=O)N3CCN(c4ncccn4)CC3)nn2C2CCS(=O)(=O)C2)cc1. The molecule has 0 radical (unpaired) electrons. The van der Waals surface area contributed by atoms with Gasteiger partial charge in [-0.3, -0.25) is 9.48 Å². The monoisotopic (exact) mass is 466 g/mol. The molecule has 1 aromatic carbocycles. The highest BCUT2D eigenvalue weighted by atomic mass is 32.2. The lowest BCUT2D eigenvalue weighted by atomic mass is 10.1. The quantitative estimate of drug-likeness (QED) is 0.579. The fraction of sp³-hybridized carbons (Fsp3) is 0.391. The van der Waals surface area contributed by atoms with Gasteiger partial charge in [0.25, 0.3) is 5.91 Å². The van der Waals surface area contributed by atoms with Crippen LogP contribution in [0.25, 0.3) is 11.3 Å². The van der Waals surface area contributed by atoms with Crippen LogP contribution in [0.5, 0.6) is 0 Å². The van der Waals surface area contributed by atoms with E-state index in [4.69, 9.17) is 0 Å². The minimum Gasteiger partial charge on any atom is -0.337 e. The lowest BCUT2D eigenvalue weighted by Gasteiger charge is -2.34. The molecule has 0 saturated carbocycles. The van der Waals surface area contributed by atoms with E-state index in [1.807, 2.05) is 31.2 Å². The van der Waals surface area contributed by atoms with E-state index in [0.29, 0.717) is 44.2 Å². The molecule has 2 aromatic heterocycles. The van der Waals surface area contributed by atoms with E-state index >= 15 is 0 Å². The zero-order valence-corrected chi connectivity index (χ0v) is 19.3. The van der Waals surface area contributed by atoms with Gasteiger partial charge in [0.2, 0.25) is 5.95 Å². The highest BCUT2D eigenvalue weighted by Gasteiger charge is 2.33. The second-order valence-electron chi connectivity index (χ2n) is 8.61. The second-order valence-corrected chi connectivity index (χ2v) is 10.8. The van der Waals surface area contributed by atoms with Crippen molar-refractivity contribution in [3.05, 3.63) is 60.0 Å². The summed E-state index contributed by atoms with van der Waals surface area (Å²) in [5.41, 5.74) is 3.17. The number of carbonyl (C=O) groups excluding carboxylic acids is 1. The maximum Gasteiger partial charge on any atom is 0.274 e. The van der Waals surface area contributed by atoms with Gasteiger partial charge in [-0.25, -0.2) is 18.4 Å². The molecule has 33 heavy (non-hydrogen) atoms. The molecule has 4 heterocycles. The zero-order valence-electron chi connectivity index (χ0n) is 18.5. The second kappa shape index (κ2) is 8.58. The van der Waals surface area contributed by atoms with Crippen LogP contribution in [0.1, 0.15) is 28.5 Å². The van der Waals surface area contributed by atoms with E-state index in [-0.39, 0.29) is 23.5 Å². The third-order valence-corrected chi connectivity index (χ3v) is 8.01. The lowest BCUT2D eigenvalue weighted by molar-refractivity contribution is 0.0739. The van der Waals surface area contributed by atoms with Crippen LogP contribution in [0.15, 0.2) is 48.8 Å². The molecule has 0 bridgehead atoms. The van der Waals surface area contributed by atoms with Crippen LogP contribution >= 0.6 is 0 Å². The largest absolute Gasteiger partial charge is 0.337 e. The van der Waals surface area contributed by atoms with Crippen LogP contribution in [0, 0.1) is 6.92 Å². The molecular formula is C23H26N6O3S. The highest BCUT2D eigenvalue weighted by molar-refractivity contribution is 7.91. The molecule has 9 nitrogen and oxygen atoms in total. The van der Waals surface area contributed by atoms with Crippen molar-refractivity contribution >= 4 is 21.7 Å². The first-order chi connectivity index (χ1) is 15.9. The summed E-state index contributed by atoms with van der Waals surface area (Å²) >= 11 is 0. The lowest BCUT2D eigenvalue weighted by Crippen LogP contribution is -2.49. The zero-order chi connectivity index (χ0) is 23.0. The fourth-order valence-electron chi connectivity index (χ4n) is 4.41. The van der Waals surface area contributed by atoms with Crippen molar-refractivity contribution in [2.45, 2.75) is 19.4 Å². The molecule has 1 amide bonds. The smallest absolute Gasteiger partial charge is 0.274 e. The number of anilines is 1. The summed E-state index contributed by atoms with van der Waals surface area (Å²) < 4.78 is 26.0. The molecular weight excluding hydrogens is 440 g/mol. The first-order valence-electron chi connectivity index (χ1n) is 11.1. The third kappa shape index (κ3) is 4.47. The summed E-state index contributed by atoms with van der Waals surface area (Å²) in [5.74, 6) is 0.726. The molecule has 3 aromatic rings. The first-order valence-corrected chi connectivity index (χ1v) is 12.9. The Balaban J connectivity index is 1.39. The summed E-state index contributed by atoms with van der Waals surface area (Å²) in [6.07, 6.45) is 3.93. The van der Waals surface area contributed by atoms with Gasteiger partial charge < -0.3 is 9.80 Å². The molecule has 0 spiro atoms. The van der Waals surface area contributed by atoms with Gasteiger partial charge >= 0.3 is 0 Å². The van der Waals surface area contributed by atoms with Gasteiger partial charge in [0.05, 0.1) is 23.2 Å². The molecule has 0 aliphatic carbocycles. The number of hydrogen-bond donors (Lipinski definition) is 0. The van der Waals surface area contributed by atoms with Crippen LogP contribution in [0.4, 0.5) is 5.95 Å². The Morgan fingerprint density at radius 1 is 1.03 bits per heavy atom. The Bertz CT molecular complexity index is 1250. The van der Waals surface area contributed by atoms with Crippen LogP contribution in [-0.2, 0) is 9.84 Å². The van der Waals surface area contributed by atoms with Crippen LogP contribution < -0.4 is 4.90 Å². The predicted molar refractivity (Wildman–Crippen MR) is 125 cm³/mol. The van der Waals surface area contributed by atoms with Gasteiger partial charge in [0.15, 0.2) is 15.5 Å². The molecule has 10 heteroatoms. The maximum atomic E-state index is 13.3. The summed E-state index contributed by atoms with van der Waals surface area (Å²) in [5, 5.41) is 4.63. The minimum atomic E-state index is -3.09. The number of amides is 1. The van der Waals surface area contributed by atoms with Crippen LogP contribution in [0.2, 0.25) is 0 Å². The van der Waals surface area contributed by atoms with Crippen LogP contribution in [-0.4, -0.2) is 76.7 Å². The Morgan fingerprint density at radius 2 is 1.73 bits per heavy atom.